The lowest BCUT2D eigenvalue weighted by atomic mass is 10.1. The second kappa shape index (κ2) is 8.05. The number of halogens is 1. The van der Waals surface area contributed by atoms with Crippen LogP contribution in [-0.2, 0) is 0 Å². The van der Waals surface area contributed by atoms with E-state index < -0.39 is 0 Å². The van der Waals surface area contributed by atoms with E-state index in [1.54, 1.807) is 0 Å². The second-order valence-electron chi connectivity index (χ2n) is 4.51. The first-order valence-electron chi connectivity index (χ1n) is 6.38. The van der Waals surface area contributed by atoms with Crippen molar-refractivity contribution in [2.45, 2.75) is 51.0 Å². The third-order valence-corrected chi connectivity index (χ3v) is 3.36. The molecule has 0 unspecified atom stereocenters. The van der Waals surface area contributed by atoms with E-state index >= 15 is 0 Å². The Kier molecular flexibility index (Phi) is 6.94. The predicted molar refractivity (Wildman–Crippen MR) is 62.7 cm³/mol. The number of nitrogens with two attached hydrogens (primary N) is 1. The van der Waals surface area contributed by atoms with Crippen LogP contribution in [-0.4, -0.2) is 37.3 Å². The third kappa shape index (κ3) is 4.94. The van der Waals surface area contributed by atoms with Gasteiger partial charge in [-0.1, -0.05) is 25.7 Å². The monoisotopic (exact) mass is 216 g/mol. The molecule has 0 bridgehead atoms. The van der Waals surface area contributed by atoms with E-state index in [4.69, 9.17) is 5.73 Å². The summed E-state index contributed by atoms with van der Waals surface area (Å²) in [6.07, 6.45) is 8.85. The molecule has 2 nitrogen and oxygen atoms in total. The first kappa shape index (κ1) is 12.9. The lowest BCUT2D eigenvalue weighted by Crippen LogP contribution is -2.38. The summed E-state index contributed by atoms with van der Waals surface area (Å²) in [6.45, 7) is 2.08. The van der Waals surface area contributed by atoms with E-state index in [0.717, 1.165) is 19.5 Å². The summed E-state index contributed by atoms with van der Waals surface area (Å²) in [4.78, 5) is 2.32. The van der Waals surface area contributed by atoms with Crippen molar-refractivity contribution in [1.29, 1.82) is 0 Å². The summed E-state index contributed by atoms with van der Waals surface area (Å²) in [6, 6.07) is 0.620. The highest BCUT2D eigenvalue weighted by atomic mass is 19.1. The normalized spacial score (nSPS) is 19.4. The molecule has 0 aliphatic heterocycles. The molecule has 0 heterocycles. The van der Waals surface area contributed by atoms with E-state index in [2.05, 4.69) is 4.90 Å². The van der Waals surface area contributed by atoms with Gasteiger partial charge in [-0.2, -0.15) is 0 Å². The molecule has 0 radical (unpaired) electrons. The zero-order chi connectivity index (χ0) is 10.9. The van der Waals surface area contributed by atoms with Crippen LogP contribution in [0, 0.1) is 0 Å². The molecule has 15 heavy (non-hydrogen) atoms. The highest BCUT2D eigenvalue weighted by molar-refractivity contribution is 4.74. The zero-order valence-corrected chi connectivity index (χ0v) is 9.76. The van der Waals surface area contributed by atoms with Gasteiger partial charge < -0.3 is 5.73 Å². The molecule has 90 valence electrons. The largest absolute Gasteiger partial charge is 0.330 e. The molecule has 1 aliphatic carbocycles. The summed E-state index contributed by atoms with van der Waals surface area (Å²) >= 11 is 0. The van der Waals surface area contributed by atoms with Crippen molar-refractivity contribution in [3.63, 3.8) is 0 Å². The molecule has 0 spiro atoms. The number of hydrogen-bond donors (Lipinski definition) is 1. The number of alkyl halides is 1. The fraction of sp³-hybridized carbons (Fsp3) is 1.00. The minimum absolute atomic E-state index is 0.221. The minimum atomic E-state index is -0.221. The molecule has 0 saturated heterocycles. The SMILES string of the molecule is NCCCN(CCF)C1CCCCCC1. The molecule has 1 aliphatic rings. The van der Waals surface area contributed by atoms with Gasteiger partial charge in [0, 0.05) is 12.6 Å². The van der Waals surface area contributed by atoms with Crippen LogP contribution in [0.4, 0.5) is 4.39 Å². The van der Waals surface area contributed by atoms with Crippen LogP contribution >= 0.6 is 0 Å². The van der Waals surface area contributed by atoms with Crippen molar-refractivity contribution in [1.82, 2.24) is 4.90 Å². The molecule has 1 rings (SSSR count). The molecule has 1 saturated carbocycles. The summed E-state index contributed by atoms with van der Waals surface area (Å²) in [5.74, 6) is 0. The number of hydrogen-bond acceptors (Lipinski definition) is 2. The molecule has 2 N–H and O–H groups in total. The predicted octanol–water partition coefficient (Wildman–Crippen LogP) is 2.33. The van der Waals surface area contributed by atoms with Crippen LogP contribution in [0.3, 0.4) is 0 Å². The zero-order valence-electron chi connectivity index (χ0n) is 9.76. The van der Waals surface area contributed by atoms with Crippen molar-refractivity contribution in [3.05, 3.63) is 0 Å². The Bertz CT molecular complexity index is 145. The van der Waals surface area contributed by atoms with Crippen LogP contribution in [0.2, 0.25) is 0 Å². The van der Waals surface area contributed by atoms with Gasteiger partial charge in [-0.25, -0.2) is 4.39 Å². The third-order valence-electron chi connectivity index (χ3n) is 3.36. The smallest absolute Gasteiger partial charge is 0.102 e. The van der Waals surface area contributed by atoms with Crippen LogP contribution < -0.4 is 5.73 Å². The van der Waals surface area contributed by atoms with Gasteiger partial charge in [0.15, 0.2) is 0 Å². The Morgan fingerprint density at radius 1 is 1.07 bits per heavy atom. The fourth-order valence-electron chi connectivity index (χ4n) is 2.50. The van der Waals surface area contributed by atoms with Crippen molar-refractivity contribution in [3.8, 4) is 0 Å². The van der Waals surface area contributed by atoms with Crippen LogP contribution in [0.5, 0.6) is 0 Å². The molecule has 3 heteroatoms. The molecule has 0 aromatic heterocycles. The molecular weight excluding hydrogens is 191 g/mol. The van der Waals surface area contributed by atoms with Gasteiger partial charge in [0.05, 0.1) is 0 Å². The van der Waals surface area contributed by atoms with E-state index in [-0.39, 0.29) is 6.67 Å². The van der Waals surface area contributed by atoms with Gasteiger partial charge in [-0.15, -0.1) is 0 Å². The number of nitrogens with zero attached hydrogens (tertiary/aromatic N) is 1. The first-order valence-corrected chi connectivity index (χ1v) is 6.38. The Labute approximate surface area is 93.0 Å². The Morgan fingerprint density at radius 3 is 2.27 bits per heavy atom. The Balaban J connectivity index is 2.36. The standard InChI is InChI=1S/C12H25FN2/c13-8-11-15(10-5-9-14)12-6-3-1-2-4-7-12/h12H,1-11,14H2. The Morgan fingerprint density at radius 2 is 1.73 bits per heavy atom. The second-order valence-corrected chi connectivity index (χ2v) is 4.51. The van der Waals surface area contributed by atoms with Crippen molar-refractivity contribution in [2.75, 3.05) is 26.3 Å². The maximum absolute atomic E-state index is 12.5. The lowest BCUT2D eigenvalue weighted by Gasteiger charge is -2.30. The van der Waals surface area contributed by atoms with Gasteiger partial charge in [0.25, 0.3) is 0 Å². The highest BCUT2D eigenvalue weighted by Crippen LogP contribution is 2.21. The summed E-state index contributed by atoms with van der Waals surface area (Å²) < 4.78 is 12.5. The lowest BCUT2D eigenvalue weighted by molar-refractivity contribution is 0.164. The summed E-state index contributed by atoms with van der Waals surface area (Å²) in [5, 5.41) is 0. The van der Waals surface area contributed by atoms with Crippen LogP contribution in [0.25, 0.3) is 0 Å². The fourth-order valence-corrected chi connectivity index (χ4v) is 2.50. The average Bonchev–Trinajstić information content (AvgIpc) is 2.52. The molecule has 1 fully saturated rings. The Hall–Kier alpha value is -0.150. The first-order chi connectivity index (χ1) is 7.38. The van der Waals surface area contributed by atoms with E-state index in [1.165, 1.54) is 38.5 Å². The van der Waals surface area contributed by atoms with Gasteiger partial charge in [0.1, 0.15) is 6.67 Å². The van der Waals surface area contributed by atoms with E-state index in [1.807, 2.05) is 0 Å². The van der Waals surface area contributed by atoms with Crippen LogP contribution in [0.1, 0.15) is 44.9 Å². The van der Waals surface area contributed by atoms with Gasteiger partial charge in [-0.05, 0) is 32.4 Å². The summed E-state index contributed by atoms with van der Waals surface area (Å²) in [5.41, 5.74) is 5.51. The maximum atomic E-state index is 12.5. The molecule has 0 amide bonds. The highest BCUT2D eigenvalue weighted by Gasteiger charge is 2.18. The summed E-state index contributed by atoms with van der Waals surface area (Å²) in [7, 11) is 0. The number of rotatable bonds is 6. The van der Waals surface area contributed by atoms with E-state index in [9.17, 15) is 4.39 Å². The molecular formula is C12H25FN2. The van der Waals surface area contributed by atoms with E-state index in [0.29, 0.717) is 12.6 Å². The van der Waals surface area contributed by atoms with Crippen molar-refractivity contribution < 1.29 is 4.39 Å². The average molecular weight is 216 g/mol. The minimum Gasteiger partial charge on any atom is -0.330 e. The quantitative estimate of drug-likeness (QED) is 0.690. The maximum Gasteiger partial charge on any atom is 0.102 e. The molecule has 0 aromatic carbocycles. The van der Waals surface area contributed by atoms with Gasteiger partial charge in [0.2, 0.25) is 0 Å². The van der Waals surface area contributed by atoms with Gasteiger partial charge in [-0.3, -0.25) is 4.90 Å². The topological polar surface area (TPSA) is 29.3 Å². The van der Waals surface area contributed by atoms with Gasteiger partial charge >= 0.3 is 0 Å². The van der Waals surface area contributed by atoms with Crippen molar-refractivity contribution in [2.24, 2.45) is 5.73 Å². The van der Waals surface area contributed by atoms with Crippen molar-refractivity contribution >= 4 is 0 Å². The molecule has 0 aromatic rings. The van der Waals surface area contributed by atoms with Crippen LogP contribution in [0.15, 0.2) is 0 Å². The molecule has 0 atom stereocenters.